The van der Waals surface area contributed by atoms with Crippen molar-refractivity contribution in [1.29, 1.82) is 0 Å². The summed E-state index contributed by atoms with van der Waals surface area (Å²) in [4.78, 5) is 1.21. The second kappa shape index (κ2) is 4.74. The largest absolute Gasteiger partial charge is 0.393 e. The third-order valence-corrected chi connectivity index (χ3v) is 3.14. The van der Waals surface area contributed by atoms with Gasteiger partial charge in [0.25, 0.3) is 0 Å². The van der Waals surface area contributed by atoms with Gasteiger partial charge in [0.2, 0.25) is 0 Å². The smallest absolute Gasteiger partial charge is 0.0805 e. The third-order valence-electron chi connectivity index (χ3n) is 2.21. The molecule has 0 radical (unpaired) electrons. The maximum atomic E-state index is 9.39. The number of aliphatic hydroxyl groups excluding tert-OH is 1. The van der Waals surface area contributed by atoms with Crippen molar-refractivity contribution < 1.29 is 9.84 Å². The first-order chi connectivity index (χ1) is 6.15. The first-order valence-electron chi connectivity index (χ1n) is 4.39. The Bertz CT molecular complexity index is 255. The molecule has 0 fully saturated rings. The Morgan fingerprint density at radius 1 is 1.54 bits per heavy atom. The molecule has 1 rings (SSSR count). The second-order valence-electron chi connectivity index (χ2n) is 3.31. The summed E-state index contributed by atoms with van der Waals surface area (Å²) in [5.41, 5.74) is 1.20. The average molecular weight is 200 g/mol. The van der Waals surface area contributed by atoms with E-state index in [1.54, 1.807) is 18.4 Å². The molecule has 0 saturated heterocycles. The Kier molecular flexibility index (Phi) is 3.90. The molecule has 0 aliphatic carbocycles. The summed E-state index contributed by atoms with van der Waals surface area (Å²) in [5, 5.41) is 11.5. The predicted molar refractivity (Wildman–Crippen MR) is 55.1 cm³/mol. The van der Waals surface area contributed by atoms with Gasteiger partial charge >= 0.3 is 0 Å². The molecule has 0 aliphatic rings. The first-order valence-corrected chi connectivity index (χ1v) is 5.27. The summed E-state index contributed by atoms with van der Waals surface area (Å²) < 4.78 is 5.03. The number of methoxy groups -OCH3 is 1. The normalized spacial score (nSPS) is 15.7. The van der Waals surface area contributed by atoms with Gasteiger partial charge in [-0.05, 0) is 23.9 Å². The quantitative estimate of drug-likeness (QED) is 0.808. The van der Waals surface area contributed by atoms with Gasteiger partial charge in [-0.25, -0.2) is 0 Å². The molecule has 13 heavy (non-hydrogen) atoms. The van der Waals surface area contributed by atoms with Crippen LogP contribution in [0.5, 0.6) is 0 Å². The molecule has 0 amide bonds. The molecule has 1 aromatic heterocycles. The number of thiophene rings is 1. The molecular weight excluding hydrogens is 184 g/mol. The zero-order chi connectivity index (χ0) is 9.84. The maximum absolute atomic E-state index is 9.39. The summed E-state index contributed by atoms with van der Waals surface area (Å²) in [6.07, 6.45) is -0.287. The lowest BCUT2D eigenvalue weighted by molar-refractivity contribution is 0.169. The molecule has 1 aromatic rings. The fraction of sp³-hybridized carbons (Fsp3) is 0.600. The van der Waals surface area contributed by atoms with Gasteiger partial charge in [0.15, 0.2) is 0 Å². The van der Waals surface area contributed by atoms with E-state index in [1.807, 2.05) is 13.8 Å². The van der Waals surface area contributed by atoms with Crippen LogP contribution in [0.2, 0.25) is 0 Å². The number of hydrogen-bond acceptors (Lipinski definition) is 3. The summed E-state index contributed by atoms with van der Waals surface area (Å²) in [6.45, 7) is 4.51. The van der Waals surface area contributed by atoms with Crippen molar-refractivity contribution in [2.24, 2.45) is 0 Å². The van der Waals surface area contributed by atoms with Crippen LogP contribution in [0.3, 0.4) is 0 Å². The minimum absolute atomic E-state index is 0.210. The van der Waals surface area contributed by atoms with Gasteiger partial charge in [0.1, 0.15) is 0 Å². The molecule has 74 valence electrons. The van der Waals surface area contributed by atoms with Crippen LogP contribution in [0.15, 0.2) is 11.4 Å². The van der Waals surface area contributed by atoms with Crippen molar-refractivity contribution >= 4 is 11.3 Å². The van der Waals surface area contributed by atoms with E-state index in [4.69, 9.17) is 4.74 Å². The van der Waals surface area contributed by atoms with Crippen LogP contribution in [0.25, 0.3) is 0 Å². The summed E-state index contributed by atoms with van der Waals surface area (Å²) >= 11 is 1.68. The molecule has 0 bridgehead atoms. The molecule has 2 nitrogen and oxygen atoms in total. The Morgan fingerprint density at radius 3 is 2.77 bits per heavy atom. The Labute approximate surface area is 83.2 Å². The lowest BCUT2D eigenvalue weighted by atomic mass is 9.99. The highest BCUT2D eigenvalue weighted by Gasteiger charge is 2.12. The van der Waals surface area contributed by atoms with E-state index < -0.39 is 0 Å². The van der Waals surface area contributed by atoms with Crippen molar-refractivity contribution in [3.05, 3.63) is 21.9 Å². The van der Waals surface area contributed by atoms with Gasteiger partial charge in [-0.1, -0.05) is 6.92 Å². The monoisotopic (exact) mass is 200 g/mol. The lowest BCUT2D eigenvalue weighted by Gasteiger charge is -2.12. The van der Waals surface area contributed by atoms with Gasteiger partial charge < -0.3 is 9.84 Å². The topological polar surface area (TPSA) is 29.5 Å². The summed E-state index contributed by atoms with van der Waals surface area (Å²) in [6, 6.07) is 2.10. The minimum atomic E-state index is -0.287. The Balaban J connectivity index is 2.67. The number of hydrogen-bond donors (Lipinski definition) is 1. The highest BCUT2D eigenvalue weighted by Crippen LogP contribution is 2.25. The molecule has 1 N–H and O–H groups in total. The van der Waals surface area contributed by atoms with Gasteiger partial charge in [-0.2, -0.15) is 0 Å². The summed E-state index contributed by atoms with van der Waals surface area (Å²) in [5.74, 6) is 0.210. The van der Waals surface area contributed by atoms with Gasteiger partial charge in [0.05, 0.1) is 12.7 Å². The van der Waals surface area contributed by atoms with Crippen molar-refractivity contribution in [2.75, 3.05) is 7.11 Å². The van der Waals surface area contributed by atoms with E-state index in [-0.39, 0.29) is 12.0 Å². The number of rotatable bonds is 4. The average Bonchev–Trinajstić information content (AvgIpc) is 2.52. The highest BCUT2D eigenvalue weighted by atomic mass is 32.1. The molecule has 0 aliphatic heterocycles. The SMILES string of the molecule is COCc1cc(C(C)C(C)O)cs1. The Hall–Kier alpha value is -0.380. The summed E-state index contributed by atoms with van der Waals surface area (Å²) in [7, 11) is 1.69. The predicted octanol–water partition coefficient (Wildman–Crippen LogP) is 2.38. The zero-order valence-corrected chi connectivity index (χ0v) is 9.10. The van der Waals surface area contributed by atoms with Crippen molar-refractivity contribution in [1.82, 2.24) is 0 Å². The van der Waals surface area contributed by atoms with E-state index in [0.717, 1.165) is 0 Å². The second-order valence-corrected chi connectivity index (χ2v) is 4.30. The van der Waals surface area contributed by atoms with Crippen LogP contribution >= 0.6 is 11.3 Å². The van der Waals surface area contributed by atoms with Crippen LogP contribution in [0, 0.1) is 0 Å². The van der Waals surface area contributed by atoms with E-state index in [0.29, 0.717) is 6.61 Å². The van der Waals surface area contributed by atoms with Crippen LogP contribution < -0.4 is 0 Å². The van der Waals surface area contributed by atoms with Crippen LogP contribution in [0.1, 0.15) is 30.2 Å². The molecule has 3 heteroatoms. The van der Waals surface area contributed by atoms with Gasteiger partial charge in [-0.3, -0.25) is 0 Å². The standard InChI is InChI=1S/C10H16O2S/c1-7(8(2)11)9-4-10(5-12-3)13-6-9/h4,6-8,11H,5H2,1-3H3. The lowest BCUT2D eigenvalue weighted by Crippen LogP contribution is -2.09. The van der Waals surface area contributed by atoms with E-state index in [1.165, 1.54) is 10.4 Å². The van der Waals surface area contributed by atoms with Gasteiger partial charge in [-0.15, -0.1) is 11.3 Å². The molecule has 0 spiro atoms. The zero-order valence-electron chi connectivity index (χ0n) is 8.28. The third kappa shape index (κ3) is 2.79. The van der Waals surface area contributed by atoms with Crippen LogP contribution in [-0.2, 0) is 11.3 Å². The first kappa shape index (κ1) is 10.7. The van der Waals surface area contributed by atoms with Crippen molar-refractivity contribution in [3.8, 4) is 0 Å². The molecular formula is C10H16O2S. The van der Waals surface area contributed by atoms with Crippen LogP contribution in [0.4, 0.5) is 0 Å². The van der Waals surface area contributed by atoms with E-state index in [9.17, 15) is 5.11 Å². The van der Waals surface area contributed by atoms with Crippen molar-refractivity contribution in [3.63, 3.8) is 0 Å². The minimum Gasteiger partial charge on any atom is -0.393 e. The maximum Gasteiger partial charge on any atom is 0.0805 e. The fourth-order valence-electron chi connectivity index (χ4n) is 1.13. The molecule has 0 saturated carbocycles. The van der Waals surface area contributed by atoms with Gasteiger partial charge in [0, 0.05) is 17.9 Å². The number of aliphatic hydroxyl groups is 1. The number of ether oxygens (including phenoxy) is 1. The molecule has 2 unspecified atom stereocenters. The Morgan fingerprint density at radius 2 is 2.23 bits per heavy atom. The van der Waals surface area contributed by atoms with E-state index in [2.05, 4.69) is 11.4 Å². The van der Waals surface area contributed by atoms with Crippen molar-refractivity contribution in [2.45, 2.75) is 32.5 Å². The fourth-order valence-corrected chi connectivity index (χ4v) is 2.09. The molecule has 1 heterocycles. The molecule has 2 atom stereocenters. The molecule has 0 aromatic carbocycles. The highest BCUT2D eigenvalue weighted by molar-refractivity contribution is 7.10. The van der Waals surface area contributed by atoms with E-state index >= 15 is 0 Å². The van der Waals surface area contributed by atoms with Crippen LogP contribution in [-0.4, -0.2) is 18.3 Å².